The number of nitrogens with one attached hydrogen (secondary N) is 3. The molecule has 2 aromatic rings. The van der Waals surface area contributed by atoms with E-state index in [0.717, 1.165) is 15.5 Å². The number of rotatable bonds is 5. The maximum atomic E-state index is 12.1. The Morgan fingerprint density at radius 2 is 2.04 bits per heavy atom. The van der Waals surface area contributed by atoms with Gasteiger partial charge < -0.3 is 10.6 Å². The molecule has 0 fully saturated rings. The second-order valence-corrected chi connectivity index (χ2v) is 8.43. The largest absolute Gasteiger partial charge is 0.303 e. The lowest BCUT2D eigenvalue weighted by Crippen LogP contribution is -2.29. The molecule has 0 saturated heterocycles. The van der Waals surface area contributed by atoms with Gasteiger partial charge in [0.2, 0.25) is 16.9 Å². The van der Waals surface area contributed by atoms with Crippen LogP contribution in [0.15, 0.2) is 33.7 Å². The van der Waals surface area contributed by atoms with Crippen LogP contribution in [0.5, 0.6) is 0 Å². The van der Waals surface area contributed by atoms with Crippen LogP contribution in [-0.2, 0) is 9.59 Å². The number of carbonyl (C=O) groups excluding carboxylic acids is 2. The van der Waals surface area contributed by atoms with Gasteiger partial charge in [-0.2, -0.15) is 0 Å². The number of thioether (sulfide) groups is 2. The molecule has 1 aromatic carbocycles. The zero-order valence-electron chi connectivity index (χ0n) is 14.3. The fourth-order valence-electron chi connectivity index (χ4n) is 1.96. The highest BCUT2D eigenvalue weighted by Crippen LogP contribution is 2.25. The van der Waals surface area contributed by atoms with E-state index in [1.807, 2.05) is 24.3 Å². The quantitative estimate of drug-likeness (QED) is 0.487. The zero-order chi connectivity index (χ0) is 19.2. The molecule has 1 aromatic heterocycles. The van der Waals surface area contributed by atoms with Crippen LogP contribution in [0.3, 0.4) is 0 Å². The molecule has 0 aliphatic carbocycles. The number of nitrogens with zero attached hydrogens (tertiary/aromatic N) is 3. The van der Waals surface area contributed by atoms with Crippen LogP contribution >= 0.6 is 34.9 Å². The lowest BCUT2D eigenvalue weighted by Gasteiger charge is -2.01. The normalized spacial score (nSPS) is 15.1. The van der Waals surface area contributed by atoms with Crippen molar-refractivity contribution in [1.82, 2.24) is 20.9 Å². The summed E-state index contributed by atoms with van der Waals surface area (Å²) in [6, 6.07) is 7.69. The summed E-state index contributed by atoms with van der Waals surface area (Å²) in [7, 11) is 0. The van der Waals surface area contributed by atoms with Gasteiger partial charge in [-0.3, -0.25) is 15.0 Å². The van der Waals surface area contributed by atoms with Gasteiger partial charge in [-0.1, -0.05) is 60.9 Å². The van der Waals surface area contributed by atoms with Crippen molar-refractivity contribution in [2.75, 3.05) is 11.1 Å². The van der Waals surface area contributed by atoms with E-state index < -0.39 is 0 Å². The van der Waals surface area contributed by atoms with Crippen LogP contribution in [0.25, 0.3) is 11.6 Å². The van der Waals surface area contributed by atoms with Gasteiger partial charge in [0, 0.05) is 11.6 Å². The number of hydrazone groups is 1. The summed E-state index contributed by atoms with van der Waals surface area (Å²) in [5, 5.41) is 20.9. The molecule has 0 spiro atoms. The third-order valence-corrected chi connectivity index (χ3v) is 6.14. The van der Waals surface area contributed by atoms with E-state index >= 15 is 0 Å². The van der Waals surface area contributed by atoms with Crippen molar-refractivity contribution >= 4 is 68.6 Å². The Kier molecular flexibility index (Phi) is 6.48. The number of amides is 2. The monoisotopic (exact) mass is 420 g/mol. The molecule has 1 aliphatic heterocycles. The van der Waals surface area contributed by atoms with Crippen LogP contribution in [0, 0.1) is 0 Å². The topological polar surface area (TPSA) is 108 Å². The molecular formula is C16H16N6O2S3. The highest BCUT2D eigenvalue weighted by atomic mass is 32.2. The maximum absolute atomic E-state index is 12.1. The molecule has 8 nitrogen and oxygen atoms in total. The predicted molar refractivity (Wildman–Crippen MR) is 110 cm³/mol. The first kappa shape index (κ1) is 19.4. The van der Waals surface area contributed by atoms with E-state index in [4.69, 9.17) is 0 Å². The van der Waals surface area contributed by atoms with Gasteiger partial charge in [0.05, 0.1) is 5.75 Å². The summed E-state index contributed by atoms with van der Waals surface area (Å²) in [4.78, 5) is 23.5. The third-order valence-electron chi connectivity index (χ3n) is 3.27. The average Bonchev–Trinajstić information content (AvgIpc) is 3.30. The smallest absolute Gasteiger partial charge is 0.236 e. The molecule has 3 N–H and O–H groups in total. The maximum Gasteiger partial charge on any atom is 0.236 e. The number of aromatic nitrogens is 2. The summed E-state index contributed by atoms with van der Waals surface area (Å²) in [5.74, 6) is -0.163. The minimum Gasteiger partial charge on any atom is -0.303 e. The predicted octanol–water partition coefficient (Wildman–Crippen LogP) is 0.878. The Morgan fingerprint density at radius 1 is 1.22 bits per heavy atom. The average molecular weight is 421 g/mol. The van der Waals surface area contributed by atoms with Crippen molar-refractivity contribution in [2.45, 2.75) is 17.7 Å². The van der Waals surface area contributed by atoms with E-state index in [0.29, 0.717) is 21.1 Å². The third kappa shape index (κ3) is 5.31. The number of amidine groups is 1. The van der Waals surface area contributed by atoms with E-state index in [1.165, 1.54) is 34.9 Å². The summed E-state index contributed by atoms with van der Waals surface area (Å²) in [6.07, 6.45) is 0.371. The number of benzene rings is 1. The first-order valence-corrected chi connectivity index (χ1v) is 10.5. The molecule has 0 atom stereocenters. The van der Waals surface area contributed by atoms with Crippen molar-refractivity contribution in [2.24, 2.45) is 5.10 Å². The minimum atomic E-state index is -0.202. The molecule has 1 aliphatic rings. The van der Waals surface area contributed by atoms with Gasteiger partial charge in [-0.15, -0.1) is 15.3 Å². The molecule has 27 heavy (non-hydrogen) atoms. The molecule has 0 radical (unpaired) electrons. The minimum absolute atomic E-state index is 0.125. The second kappa shape index (κ2) is 9.02. The Labute approximate surface area is 167 Å². The Bertz CT molecular complexity index is 1000. The van der Waals surface area contributed by atoms with E-state index in [2.05, 4.69) is 37.9 Å². The van der Waals surface area contributed by atoms with Crippen LogP contribution in [0.4, 0.5) is 5.13 Å². The first-order valence-electron chi connectivity index (χ1n) is 7.91. The van der Waals surface area contributed by atoms with Crippen molar-refractivity contribution in [3.8, 4) is 0 Å². The lowest BCUT2D eigenvalue weighted by molar-refractivity contribution is -0.117. The van der Waals surface area contributed by atoms with E-state index in [-0.39, 0.29) is 17.6 Å². The molecule has 140 valence electrons. The fraction of sp³-hybridized carbons (Fsp3) is 0.188. The fourth-order valence-corrected chi connectivity index (χ4v) is 4.38. The first-order chi connectivity index (χ1) is 13.0. The molecular weight excluding hydrogens is 404 g/mol. The SMILES string of the molecule is C=c1ccccc1=C1NN=C(NC(=O)CSc2nnc(NC(=O)CC)s2)S1. The highest BCUT2D eigenvalue weighted by molar-refractivity contribution is 8.21. The standard InChI is InChI=1S/C16H16N6O2S3/c1-3-11(23)17-15-21-22-16(27-15)25-8-12(24)18-14-20-19-13(26-14)10-7-5-4-6-9(10)2/h4-7,19H,2-3,8H2,1H3,(H,17,21,23)(H,18,20,24). The highest BCUT2D eigenvalue weighted by Gasteiger charge is 2.17. The zero-order valence-corrected chi connectivity index (χ0v) is 16.8. The molecule has 2 heterocycles. The number of hydrogen-bond acceptors (Lipinski definition) is 9. The van der Waals surface area contributed by atoms with Gasteiger partial charge >= 0.3 is 0 Å². The van der Waals surface area contributed by atoms with Gasteiger partial charge in [0.1, 0.15) is 5.03 Å². The Morgan fingerprint density at radius 3 is 2.81 bits per heavy atom. The van der Waals surface area contributed by atoms with Crippen LogP contribution < -0.4 is 26.5 Å². The number of carbonyl (C=O) groups is 2. The van der Waals surface area contributed by atoms with E-state index in [9.17, 15) is 9.59 Å². The molecule has 0 bridgehead atoms. The molecule has 0 unspecified atom stereocenters. The van der Waals surface area contributed by atoms with Crippen molar-refractivity contribution < 1.29 is 9.59 Å². The van der Waals surface area contributed by atoms with E-state index in [1.54, 1.807) is 6.92 Å². The van der Waals surface area contributed by atoms with Gasteiger partial charge in [0.15, 0.2) is 9.51 Å². The van der Waals surface area contributed by atoms with Gasteiger partial charge in [-0.25, -0.2) is 0 Å². The van der Waals surface area contributed by atoms with Gasteiger partial charge in [0.25, 0.3) is 0 Å². The molecule has 3 rings (SSSR count). The number of hydrogen-bond donors (Lipinski definition) is 3. The summed E-state index contributed by atoms with van der Waals surface area (Å²) in [5.41, 5.74) is 2.92. The van der Waals surface area contributed by atoms with Crippen molar-refractivity contribution in [3.63, 3.8) is 0 Å². The number of anilines is 1. The van der Waals surface area contributed by atoms with Crippen LogP contribution in [-0.4, -0.2) is 32.9 Å². The molecule has 0 saturated carbocycles. The Balaban J connectivity index is 1.51. The van der Waals surface area contributed by atoms with Crippen LogP contribution in [0.1, 0.15) is 13.3 Å². The summed E-state index contributed by atoms with van der Waals surface area (Å²) in [6.45, 7) is 5.74. The summed E-state index contributed by atoms with van der Waals surface area (Å²) >= 11 is 3.82. The Hall–Kier alpha value is -2.37. The van der Waals surface area contributed by atoms with Crippen LogP contribution in [0.2, 0.25) is 0 Å². The second-order valence-electron chi connectivity index (χ2n) is 5.23. The summed E-state index contributed by atoms with van der Waals surface area (Å²) < 4.78 is 0.605. The molecule has 11 heteroatoms. The van der Waals surface area contributed by atoms with Gasteiger partial charge in [-0.05, 0) is 17.0 Å². The van der Waals surface area contributed by atoms with Crippen molar-refractivity contribution in [3.05, 3.63) is 34.7 Å². The van der Waals surface area contributed by atoms with Crippen molar-refractivity contribution in [1.29, 1.82) is 0 Å². The molecule has 2 amide bonds. The lowest BCUT2D eigenvalue weighted by atomic mass is 10.2.